The van der Waals surface area contributed by atoms with Crippen LogP contribution in [0.5, 0.6) is 0 Å². The van der Waals surface area contributed by atoms with Gasteiger partial charge in [-0.15, -0.1) is 0 Å². The Bertz CT molecular complexity index is 595. The van der Waals surface area contributed by atoms with Gasteiger partial charge in [-0.2, -0.15) is 5.26 Å². The zero-order valence-electron chi connectivity index (χ0n) is 10.4. The molecule has 0 aliphatic rings. The van der Waals surface area contributed by atoms with E-state index in [1.165, 1.54) is 0 Å². The van der Waals surface area contributed by atoms with Crippen molar-refractivity contribution in [2.75, 3.05) is 11.1 Å². The lowest BCUT2D eigenvalue weighted by atomic mass is 10.1. The average Bonchev–Trinajstić information content (AvgIpc) is 2.76. The molecule has 0 amide bonds. The van der Waals surface area contributed by atoms with E-state index in [-0.39, 0.29) is 6.04 Å². The third-order valence-electron chi connectivity index (χ3n) is 2.74. The largest absolute Gasteiger partial charge is 0.464 e. The molecule has 2 rings (SSSR count). The molecule has 18 heavy (non-hydrogen) atoms. The minimum absolute atomic E-state index is 0.0473. The third kappa shape index (κ3) is 2.46. The first-order chi connectivity index (χ1) is 8.60. The van der Waals surface area contributed by atoms with Crippen molar-refractivity contribution < 1.29 is 4.42 Å². The van der Waals surface area contributed by atoms with Gasteiger partial charge in [-0.05, 0) is 44.2 Å². The fourth-order valence-electron chi connectivity index (χ4n) is 1.76. The number of nitrogens with two attached hydrogens (primary N) is 1. The van der Waals surface area contributed by atoms with E-state index in [2.05, 4.69) is 5.32 Å². The minimum Gasteiger partial charge on any atom is -0.464 e. The number of nitrogens with one attached hydrogen (secondary N) is 1. The molecule has 0 bridgehead atoms. The van der Waals surface area contributed by atoms with Crippen LogP contribution in [-0.4, -0.2) is 0 Å². The van der Waals surface area contributed by atoms with E-state index in [1.54, 1.807) is 12.1 Å². The summed E-state index contributed by atoms with van der Waals surface area (Å²) in [5.74, 6) is 1.76. The summed E-state index contributed by atoms with van der Waals surface area (Å²) in [4.78, 5) is 0. The SMILES string of the molecule is Cc1ccc(C(C)Nc2ccc(C#N)c(N)c2)o1. The Morgan fingerprint density at radius 3 is 2.67 bits per heavy atom. The molecule has 2 aromatic rings. The summed E-state index contributed by atoms with van der Waals surface area (Å²) in [7, 11) is 0. The zero-order chi connectivity index (χ0) is 13.1. The first-order valence-electron chi connectivity index (χ1n) is 5.72. The van der Waals surface area contributed by atoms with Crippen molar-refractivity contribution in [1.82, 2.24) is 0 Å². The highest BCUT2D eigenvalue weighted by Gasteiger charge is 2.09. The fraction of sp³-hybridized carbons (Fsp3) is 0.214. The predicted octanol–water partition coefficient (Wildman–Crippen LogP) is 3.21. The number of nitrogens with zero attached hydrogens (tertiary/aromatic N) is 1. The Hall–Kier alpha value is -2.41. The molecule has 4 heteroatoms. The zero-order valence-corrected chi connectivity index (χ0v) is 10.4. The topological polar surface area (TPSA) is 75.0 Å². The first kappa shape index (κ1) is 12.1. The Morgan fingerprint density at radius 1 is 1.33 bits per heavy atom. The van der Waals surface area contributed by atoms with Gasteiger partial charge in [0.15, 0.2) is 0 Å². The summed E-state index contributed by atoms with van der Waals surface area (Å²) < 4.78 is 5.55. The molecule has 3 N–H and O–H groups in total. The van der Waals surface area contributed by atoms with Crippen LogP contribution in [-0.2, 0) is 0 Å². The summed E-state index contributed by atoms with van der Waals surface area (Å²) in [5.41, 5.74) is 7.60. The van der Waals surface area contributed by atoms with Crippen LogP contribution < -0.4 is 11.1 Å². The second-order valence-corrected chi connectivity index (χ2v) is 4.23. The van der Waals surface area contributed by atoms with Crippen molar-refractivity contribution >= 4 is 11.4 Å². The lowest BCUT2D eigenvalue weighted by Crippen LogP contribution is -2.06. The van der Waals surface area contributed by atoms with Gasteiger partial charge >= 0.3 is 0 Å². The number of hydrogen-bond donors (Lipinski definition) is 2. The molecular weight excluding hydrogens is 226 g/mol. The normalized spacial score (nSPS) is 11.8. The molecule has 0 aliphatic heterocycles. The van der Waals surface area contributed by atoms with E-state index in [0.717, 1.165) is 17.2 Å². The number of hydrogen-bond acceptors (Lipinski definition) is 4. The van der Waals surface area contributed by atoms with Gasteiger partial charge in [-0.3, -0.25) is 0 Å². The smallest absolute Gasteiger partial charge is 0.126 e. The maximum atomic E-state index is 8.81. The number of nitriles is 1. The summed E-state index contributed by atoms with van der Waals surface area (Å²) in [6.07, 6.45) is 0. The number of rotatable bonds is 3. The molecule has 0 saturated heterocycles. The van der Waals surface area contributed by atoms with Gasteiger partial charge in [0.05, 0.1) is 17.3 Å². The molecule has 1 atom stereocenters. The number of furan rings is 1. The van der Waals surface area contributed by atoms with E-state index >= 15 is 0 Å². The second kappa shape index (κ2) is 4.84. The number of benzene rings is 1. The van der Waals surface area contributed by atoms with Gasteiger partial charge in [0, 0.05) is 5.69 Å². The molecule has 0 saturated carbocycles. The van der Waals surface area contributed by atoms with E-state index in [4.69, 9.17) is 15.4 Å². The molecule has 1 aromatic heterocycles. The maximum Gasteiger partial charge on any atom is 0.126 e. The van der Waals surface area contributed by atoms with Gasteiger partial charge in [-0.25, -0.2) is 0 Å². The molecule has 0 spiro atoms. The minimum atomic E-state index is 0.0473. The summed E-state index contributed by atoms with van der Waals surface area (Å²) in [6, 6.07) is 11.3. The van der Waals surface area contributed by atoms with Crippen LogP contribution in [0.3, 0.4) is 0 Å². The molecule has 4 nitrogen and oxygen atoms in total. The summed E-state index contributed by atoms with van der Waals surface area (Å²) in [5, 5.41) is 12.1. The molecule has 0 aliphatic carbocycles. The molecule has 0 fully saturated rings. The van der Waals surface area contributed by atoms with Crippen LogP contribution in [0.15, 0.2) is 34.7 Å². The standard InChI is InChI=1S/C14H15N3O/c1-9-3-6-14(18-9)10(2)17-12-5-4-11(8-15)13(16)7-12/h3-7,10,17H,16H2,1-2H3. The lowest BCUT2D eigenvalue weighted by Gasteiger charge is -2.13. The van der Waals surface area contributed by atoms with Gasteiger partial charge in [0.2, 0.25) is 0 Å². The van der Waals surface area contributed by atoms with Gasteiger partial charge in [0.1, 0.15) is 17.6 Å². The summed E-state index contributed by atoms with van der Waals surface area (Å²) in [6.45, 7) is 3.92. The molecule has 1 heterocycles. The number of aryl methyl sites for hydroxylation is 1. The van der Waals surface area contributed by atoms with Crippen LogP contribution in [0.1, 0.15) is 30.0 Å². The quantitative estimate of drug-likeness (QED) is 0.809. The Labute approximate surface area is 106 Å². The Balaban J connectivity index is 2.15. The van der Waals surface area contributed by atoms with E-state index in [9.17, 15) is 0 Å². The highest BCUT2D eigenvalue weighted by molar-refractivity contribution is 5.63. The van der Waals surface area contributed by atoms with Crippen LogP contribution in [0.2, 0.25) is 0 Å². The monoisotopic (exact) mass is 241 g/mol. The molecule has 1 aromatic carbocycles. The van der Waals surface area contributed by atoms with Crippen LogP contribution >= 0.6 is 0 Å². The Morgan fingerprint density at radius 2 is 2.11 bits per heavy atom. The van der Waals surface area contributed by atoms with Crippen molar-refractivity contribution in [3.63, 3.8) is 0 Å². The highest BCUT2D eigenvalue weighted by atomic mass is 16.3. The fourth-order valence-corrected chi connectivity index (χ4v) is 1.76. The van der Waals surface area contributed by atoms with Crippen molar-refractivity contribution in [3.05, 3.63) is 47.4 Å². The Kier molecular flexibility index (Phi) is 3.24. The van der Waals surface area contributed by atoms with Gasteiger partial charge in [0.25, 0.3) is 0 Å². The van der Waals surface area contributed by atoms with Crippen molar-refractivity contribution in [1.29, 1.82) is 5.26 Å². The average molecular weight is 241 g/mol. The van der Waals surface area contributed by atoms with Gasteiger partial charge in [-0.1, -0.05) is 0 Å². The van der Waals surface area contributed by atoms with Crippen molar-refractivity contribution in [2.45, 2.75) is 19.9 Å². The van der Waals surface area contributed by atoms with Crippen molar-refractivity contribution in [3.8, 4) is 6.07 Å². The van der Waals surface area contributed by atoms with Crippen LogP contribution in [0.4, 0.5) is 11.4 Å². The van der Waals surface area contributed by atoms with Crippen molar-refractivity contribution in [2.24, 2.45) is 0 Å². The lowest BCUT2D eigenvalue weighted by molar-refractivity contribution is 0.467. The maximum absolute atomic E-state index is 8.81. The van der Waals surface area contributed by atoms with Crippen LogP contribution in [0.25, 0.3) is 0 Å². The van der Waals surface area contributed by atoms with E-state index < -0.39 is 0 Å². The van der Waals surface area contributed by atoms with E-state index in [1.807, 2.05) is 38.1 Å². The molecule has 0 radical (unpaired) electrons. The molecule has 92 valence electrons. The van der Waals surface area contributed by atoms with E-state index in [0.29, 0.717) is 11.3 Å². The second-order valence-electron chi connectivity index (χ2n) is 4.23. The van der Waals surface area contributed by atoms with Gasteiger partial charge < -0.3 is 15.5 Å². The summed E-state index contributed by atoms with van der Waals surface area (Å²) >= 11 is 0. The third-order valence-corrected chi connectivity index (χ3v) is 2.74. The van der Waals surface area contributed by atoms with Crippen LogP contribution in [0, 0.1) is 18.3 Å². The number of anilines is 2. The predicted molar refractivity (Wildman–Crippen MR) is 71.1 cm³/mol. The number of nitrogen functional groups attached to an aromatic ring is 1. The molecular formula is C14H15N3O. The molecule has 1 unspecified atom stereocenters. The highest BCUT2D eigenvalue weighted by Crippen LogP contribution is 2.23. The first-order valence-corrected chi connectivity index (χ1v) is 5.72.